The molecule has 132 valence electrons. The van der Waals surface area contributed by atoms with Crippen LogP contribution < -0.4 is 14.8 Å². The van der Waals surface area contributed by atoms with Crippen molar-refractivity contribution in [2.75, 3.05) is 18.6 Å². The van der Waals surface area contributed by atoms with Crippen LogP contribution in [0.5, 0.6) is 5.75 Å². The second-order valence-corrected chi connectivity index (χ2v) is 7.35. The number of benzene rings is 2. The smallest absolute Gasteiger partial charge is 0.272 e. The van der Waals surface area contributed by atoms with E-state index >= 15 is 0 Å². The van der Waals surface area contributed by atoms with Gasteiger partial charge in [-0.25, -0.2) is 13.6 Å². The first-order chi connectivity index (χ1) is 11.8. The second-order valence-electron chi connectivity index (χ2n) is 5.79. The number of ether oxygens (including phenoxy) is 1. The molecule has 0 radical (unpaired) electrons. The maximum absolute atomic E-state index is 11.6. The molecule has 3 rings (SSSR count). The summed E-state index contributed by atoms with van der Waals surface area (Å²) in [5.41, 5.74) is 2.35. The number of nitro groups is 1. The number of non-ortho nitro benzene ring substituents is 1. The third-order valence-corrected chi connectivity index (χ3v) is 5.10. The van der Waals surface area contributed by atoms with Gasteiger partial charge in [0.15, 0.2) is 0 Å². The molecule has 1 aliphatic rings. The molecule has 9 heteroatoms. The second kappa shape index (κ2) is 6.34. The van der Waals surface area contributed by atoms with Crippen molar-refractivity contribution in [3.63, 3.8) is 0 Å². The molecule has 0 spiro atoms. The number of nitro benzene ring substituents is 1. The maximum atomic E-state index is 11.6. The maximum Gasteiger partial charge on any atom is 0.272 e. The number of rotatable bonds is 4. The largest absolute Gasteiger partial charge is 0.497 e. The molecule has 2 aromatic carbocycles. The normalized spacial score (nSPS) is 14.1. The highest BCUT2D eigenvalue weighted by atomic mass is 32.2. The Morgan fingerprint density at radius 2 is 1.96 bits per heavy atom. The van der Waals surface area contributed by atoms with Gasteiger partial charge in [0.05, 0.1) is 16.9 Å². The van der Waals surface area contributed by atoms with Crippen molar-refractivity contribution in [3.8, 4) is 5.75 Å². The van der Waals surface area contributed by atoms with Gasteiger partial charge in [0.25, 0.3) is 5.69 Å². The van der Waals surface area contributed by atoms with Crippen molar-refractivity contribution < 1.29 is 18.1 Å². The first-order valence-corrected chi connectivity index (χ1v) is 9.05. The quantitative estimate of drug-likeness (QED) is 0.654. The van der Waals surface area contributed by atoms with Gasteiger partial charge >= 0.3 is 0 Å². The lowest BCUT2D eigenvalue weighted by atomic mass is 9.99. The minimum Gasteiger partial charge on any atom is -0.497 e. The van der Waals surface area contributed by atoms with Gasteiger partial charge in [0.2, 0.25) is 10.0 Å². The number of hydrogen-bond acceptors (Lipinski definition) is 6. The van der Waals surface area contributed by atoms with E-state index < -0.39 is 14.9 Å². The van der Waals surface area contributed by atoms with Gasteiger partial charge < -0.3 is 9.64 Å². The highest BCUT2D eigenvalue weighted by Crippen LogP contribution is 2.31. The van der Waals surface area contributed by atoms with Gasteiger partial charge in [-0.2, -0.15) is 0 Å². The number of anilines is 1. The summed E-state index contributed by atoms with van der Waals surface area (Å²) in [6, 6.07) is 9.50. The van der Waals surface area contributed by atoms with Gasteiger partial charge in [-0.1, -0.05) is 6.07 Å². The van der Waals surface area contributed by atoms with Crippen LogP contribution >= 0.6 is 0 Å². The van der Waals surface area contributed by atoms with Crippen LogP contribution in [0.25, 0.3) is 0 Å². The van der Waals surface area contributed by atoms with Gasteiger partial charge in [0, 0.05) is 30.9 Å². The van der Waals surface area contributed by atoms with Crippen molar-refractivity contribution in [2.45, 2.75) is 17.9 Å². The molecule has 0 amide bonds. The van der Waals surface area contributed by atoms with Crippen LogP contribution in [0.1, 0.15) is 11.1 Å². The predicted molar refractivity (Wildman–Crippen MR) is 92.2 cm³/mol. The zero-order chi connectivity index (χ0) is 18.2. The molecule has 2 N–H and O–H groups in total. The van der Waals surface area contributed by atoms with Gasteiger partial charge in [-0.15, -0.1) is 0 Å². The zero-order valence-corrected chi connectivity index (χ0v) is 14.3. The number of sulfonamides is 1. The standard InChI is InChI=1S/C16H17N3O5S/c1-24-15-3-2-11-4-5-18(10-12(11)6-15)13-7-14(19(20)21)9-16(8-13)25(17,22)23/h2-3,6-9H,4-5,10H2,1H3,(H2,17,22,23). The molecule has 0 aliphatic carbocycles. The van der Waals surface area contributed by atoms with E-state index in [1.165, 1.54) is 17.7 Å². The van der Waals surface area contributed by atoms with E-state index in [1.807, 2.05) is 23.1 Å². The predicted octanol–water partition coefficient (Wildman–Crippen LogP) is 1.81. The van der Waals surface area contributed by atoms with E-state index in [1.54, 1.807) is 7.11 Å². The average molecular weight is 363 g/mol. The number of hydrogen-bond donors (Lipinski definition) is 1. The lowest BCUT2D eigenvalue weighted by molar-refractivity contribution is -0.385. The van der Waals surface area contributed by atoms with Gasteiger partial charge in [0.1, 0.15) is 5.75 Å². The lowest BCUT2D eigenvalue weighted by Gasteiger charge is -2.31. The third-order valence-electron chi connectivity index (χ3n) is 4.21. The zero-order valence-electron chi connectivity index (χ0n) is 13.5. The molecule has 25 heavy (non-hydrogen) atoms. The molecular weight excluding hydrogens is 346 g/mol. The van der Waals surface area contributed by atoms with Crippen LogP contribution in [0, 0.1) is 10.1 Å². The third kappa shape index (κ3) is 3.57. The molecule has 0 fully saturated rings. The Morgan fingerprint density at radius 1 is 1.20 bits per heavy atom. The van der Waals surface area contributed by atoms with Crippen LogP contribution in [0.4, 0.5) is 11.4 Å². The molecule has 0 aromatic heterocycles. The van der Waals surface area contributed by atoms with Gasteiger partial charge in [-0.05, 0) is 35.7 Å². The topological polar surface area (TPSA) is 116 Å². The van der Waals surface area contributed by atoms with Crippen LogP contribution in [0.3, 0.4) is 0 Å². The summed E-state index contributed by atoms with van der Waals surface area (Å²) in [6.07, 6.45) is 0.743. The molecular formula is C16H17N3O5S. The van der Waals surface area contributed by atoms with E-state index in [2.05, 4.69) is 0 Å². The Bertz CT molecular complexity index is 943. The van der Waals surface area contributed by atoms with Crippen LogP contribution in [-0.2, 0) is 23.0 Å². The molecule has 0 saturated heterocycles. The molecule has 1 aliphatic heterocycles. The molecule has 0 unspecified atom stereocenters. The van der Waals surface area contributed by atoms with Crippen molar-refractivity contribution in [3.05, 3.63) is 57.6 Å². The SMILES string of the molecule is COc1ccc2c(c1)CN(c1cc([N+](=O)[O-])cc(S(N)(=O)=O)c1)CC2. The first kappa shape index (κ1) is 17.2. The fraction of sp³-hybridized carbons (Fsp3) is 0.250. The number of methoxy groups -OCH3 is 1. The summed E-state index contributed by atoms with van der Waals surface area (Å²) in [5.74, 6) is 0.727. The van der Waals surface area contributed by atoms with Crippen molar-refractivity contribution in [1.82, 2.24) is 0 Å². The fourth-order valence-electron chi connectivity index (χ4n) is 2.90. The lowest BCUT2D eigenvalue weighted by Crippen LogP contribution is -2.30. The van der Waals surface area contributed by atoms with E-state index in [0.29, 0.717) is 18.8 Å². The fourth-order valence-corrected chi connectivity index (χ4v) is 3.47. The number of fused-ring (bicyclic) bond motifs is 1. The van der Waals surface area contributed by atoms with E-state index in [9.17, 15) is 18.5 Å². The summed E-state index contributed by atoms with van der Waals surface area (Å²) >= 11 is 0. The Labute approximate surface area is 145 Å². The number of nitrogens with zero attached hydrogens (tertiary/aromatic N) is 2. The van der Waals surface area contributed by atoms with E-state index in [0.717, 1.165) is 23.8 Å². The van der Waals surface area contributed by atoms with E-state index in [4.69, 9.17) is 9.88 Å². The van der Waals surface area contributed by atoms with Crippen molar-refractivity contribution in [1.29, 1.82) is 0 Å². The number of primary sulfonamides is 1. The highest BCUT2D eigenvalue weighted by Gasteiger charge is 2.22. The average Bonchev–Trinajstić information content (AvgIpc) is 2.59. The Kier molecular flexibility index (Phi) is 4.36. The molecule has 0 bridgehead atoms. The summed E-state index contributed by atoms with van der Waals surface area (Å²) in [7, 11) is -2.46. The monoisotopic (exact) mass is 363 g/mol. The Hall–Kier alpha value is -2.65. The number of nitrogens with two attached hydrogens (primary N) is 1. The van der Waals surface area contributed by atoms with Crippen LogP contribution in [0.15, 0.2) is 41.3 Å². The molecule has 8 nitrogen and oxygen atoms in total. The molecule has 1 heterocycles. The van der Waals surface area contributed by atoms with Gasteiger partial charge in [-0.3, -0.25) is 10.1 Å². The van der Waals surface area contributed by atoms with Crippen LogP contribution in [0.2, 0.25) is 0 Å². The first-order valence-electron chi connectivity index (χ1n) is 7.51. The Balaban J connectivity index is 2.01. The minimum absolute atomic E-state index is 0.270. The summed E-state index contributed by atoms with van der Waals surface area (Å²) in [6.45, 7) is 1.11. The summed E-state index contributed by atoms with van der Waals surface area (Å²) in [4.78, 5) is 12.1. The Morgan fingerprint density at radius 3 is 2.60 bits per heavy atom. The molecule has 2 aromatic rings. The summed E-state index contributed by atoms with van der Waals surface area (Å²) in [5, 5.41) is 16.3. The van der Waals surface area contributed by atoms with Crippen molar-refractivity contribution in [2.24, 2.45) is 5.14 Å². The van der Waals surface area contributed by atoms with Crippen LogP contribution in [-0.4, -0.2) is 27.0 Å². The highest BCUT2D eigenvalue weighted by molar-refractivity contribution is 7.89. The van der Waals surface area contributed by atoms with Crippen molar-refractivity contribution >= 4 is 21.4 Å². The minimum atomic E-state index is -4.04. The molecule has 0 atom stereocenters. The summed E-state index contributed by atoms with van der Waals surface area (Å²) < 4.78 is 28.5. The molecule has 0 saturated carbocycles. The van der Waals surface area contributed by atoms with E-state index in [-0.39, 0.29) is 10.6 Å².